The second-order valence-electron chi connectivity index (χ2n) is 9.14. The summed E-state index contributed by atoms with van der Waals surface area (Å²) in [6, 6.07) is 6.35. The maximum absolute atomic E-state index is 12.8. The van der Waals surface area contributed by atoms with E-state index in [2.05, 4.69) is 10.3 Å². The van der Waals surface area contributed by atoms with Crippen LogP contribution in [0.3, 0.4) is 0 Å². The Hall–Kier alpha value is -3.10. The van der Waals surface area contributed by atoms with Crippen molar-refractivity contribution in [2.75, 3.05) is 10.2 Å². The van der Waals surface area contributed by atoms with Gasteiger partial charge >= 0.3 is 6.18 Å². The van der Waals surface area contributed by atoms with Crippen molar-refractivity contribution in [1.29, 1.82) is 0 Å². The summed E-state index contributed by atoms with van der Waals surface area (Å²) in [5, 5.41) is 2.79. The molecule has 2 amide bonds. The average Bonchev–Trinajstić information content (AvgIpc) is 2.65. The van der Waals surface area contributed by atoms with E-state index in [-0.39, 0.29) is 29.7 Å². The zero-order valence-corrected chi connectivity index (χ0v) is 18.6. The maximum Gasteiger partial charge on any atom is 0.416 e. The molecule has 0 unspecified atom stereocenters. The first-order chi connectivity index (χ1) is 14.7. The number of aromatic nitrogens is 1. The second-order valence-corrected chi connectivity index (χ2v) is 9.14. The molecule has 6 nitrogen and oxygen atoms in total. The van der Waals surface area contributed by atoms with Gasteiger partial charge in [-0.1, -0.05) is 32.9 Å². The normalized spacial score (nSPS) is 16.4. The summed E-state index contributed by atoms with van der Waals surface area (Å²) in [7, 11) is 0. The highest BCUT2D eigenvalue weighted by atomic mass is 19.4. The second kappa shape index (κ2) is 8.44. The minimum Gasteiger partial charge on any atom is -0.463 e. The summed E-state index contributed by atoms with van der Waals surface area (Å²) in [5.41, 5.74) is 0.624. The van der Waals surface area contributed by atoms with Crippen molar-refractivity contribution in [2.24, 2.45) is 5.41 Å². The first kappa shape index (κ1) is 23.6. The lowest BCUT2D eigenvalue weighted by molar-refractivity contribution is -0.137. The third-order valence-electron chi connectivity index (χ3n) is 4.92. The van der Waals surface area contributed by atoms with Crippen LogP contribution in [0.15, 0.2) is 30.3 Å². The van der Waals surface area contributed by atoms with Gasteiger partial charge in [-0.15, -0.1) is 0 Å². The predicted molar refractivity (Wildman–Crippen MR) is 114 cm³/mol. The minimum atomic E-state index is -4.43. The molecule has 172 valence electrons. The van der Waals surface area contributed by atoms with E-state index >= 15 is 0 Å². The Morgan fingerprint density at radius 3 is 2.38 bits per heavy atom. The monoisotopic (exact) mass is 449 g/mol. The number of carbonyl (C=O) groups excluding carboxylic acids is 2. The Kier molecular flexibility index (Phi) is 6.22. The fraction of sp³-hybridized carbons (Fsp3) is 0.435. The van der Waals surface area contributed by atoms with Gasteiger partial charge in [-0.3, -0.25) is 14.5 Å². The van der Waals surface area contributed by atoms with E-state index in [1.54, 1.807) is 19.9 Å². The number of rotatable bonds is 4. The summed E-state index contributed by atoms with van der Waals surface area (Å²) in [5.74, 6) is 0.00686. The molecule has 1 atom stereocenters. The number of alkyl halides is 3. The third kappa shape index (κ3) is 5.38. The van der Waals surface area contributed by atoms with Crippen LogP contribution in [0.25, 0.3) is 0 Å². The van der Waals surface area contributed by atoms with E-state index in [4.69, 9.17) is 4.74 Å². The highest BCUT2D eigenvalue weighted by Crippen LogP contribution is 2.37. The van der Waals surface area contributed by atoms with Gasteiger partial charge in [0.1, 0.15) is 11.5 Å². The van der Waals surface area contributed by atoms with Crippen molar-refractivity contribution in [1.82, 2.24) is 4.98 Å². The number of hydrogen-bond donors (Lipinski definition) is 1. The molecule has 1 aliphatic rings. The van der Waals surface area contributed by atoms with Gasteiger partial charge in [-0.2, -0.15) is 18.2 Å². The molecule has 1 aromatic heterocycles. The van der Waals surface area contributed by atoms with Crippen LogP contribution in [-0.2, 0) is 22.3 Å². The molecular formula is C23H26F3N3O3. The number of pyridine rings is 1. The van der Waals surface area contributed by atoms with Gasteiger partial charge < -0.3 is 10.1 Å². The van der Waals surface area contributed by atoms with Crippen molar-refractivity contribution in [3.8, 4) is 5.88 Å². The number of benzene rings is 1. The Labute approximate surface area is 184 Å². The van der Waals surface area contributed by atoms with Crippen molar-refractivity contribution in [2.45, 2.75) is 59.9 Å². The molecule has 0 fully saturated rings. The van der Waals surface area contributed by atoms with Crippen LogP contribution in [0, 0.1) is 12.3 Å². The number of anilines is 2. The summed E-state index contributed by atoms with van der Waals surface area (Å²) in [6.45, 7) is 9.25. The van der Waals surface area contributed by atoms with Gasteiger partial charge in [-0.05, 0) is 48.6 Å². The fourth-order valence-electron chi connectivity index (χ4n) is 3.35. The number of hydrogen-bond acceptors (Lipinski definition) is 4. The lowest BCUT2D eigenvalue weighted by Crippen LogP contribution is -2.44. The van der Waals surface area contributed by atoms with Crippen LogP contribution >= 0.6 is 0 Å². The van der Waals surface area contributed by atoms with Gasteiger partial charge in [0.05, 0.1) is 12.1 Å². The van der Waals surface area contributed by atoms with Crippen LogP contribution in [0.5, 0.6) is 5.88 Å². The lowest BCUT2D eigenvalue weighted by Gasteiger charge is -2.33. The molecule has 1 aromatic carbocycles. The summed E-state index contributed by atoms with van der Waals surface area (Å²) >= 11 is 0. The fourth-order valence-corrected chi connectivity index (χ4v) is 3.35. The summed E-state index contributed by atoms with van der Waals surface area (Å²) in [6.07, 6.45) is -4.95. The van der Waals surface area contributed by atoms with E-state index in [1.807, 2.05) is 20.8 Å². The lowest BCUT2D eigenvalue weighted by atomic mass is 9.92. The molecule has 0 spiro atoms. The standard InChI is InChI=1S/C23H26F3N3O3/c1-13-10-17-20(28-19(13)27-18(30)11-22(3,4)5)32-14(2)21(31)29(17)12-15-6-8-16(9-7-15)23(24,25)26/h6-10,14H,11-12H2,1-5H3,(H,27,28,30)/t14-/m1/s1. The Bertz CT molecular complexity index is 1030. The minimum absolute atomic E-state index is 0.0640. The van der Waals surface area contributed by atoms with Crippen LogP contribution < -0.4 is 15.0 Å². The SMILES string of the molecule is Cc1cc2c(nc1NC(=O)CC(C)(C)C)O[C@H](C)C(=O)N2Cc1ccc(C(F)(F)F)cc1. The number of aryl methyl sites for hydroxylation is 1. The quantitative estimate of drug-likeness (QED) is 0.705. The summed E-state index contributed by atoms with van der Waals surface area (Å²) < 4.78 is 44.2. The van der Waals surface area contributed by atoms with Crippen LogP contribution in [0.2, 0.25) is 0 Å². The molecule has 0 aliphatic carbocycles. The summed E-state index contributed by atoms with van der Waals surface area (Å²) in [4.78, 5) is 31.0. The topological polar surface area (TPSA) is 71.5 Å². The van der Waals surface area contributed by atoms with Crippen LogP contribution in [0.4, 0.5) is 24.7 Å². The van der Waals surface area contributed by atoms with E-state index in [9.17, 15) is 22.8 Å². The molecule has 0 bridgehead atoms. The maximum atomic E-state index is 12.8. The molecule has 0 saturated carbocycles. The van der Waals surface area contributed by atoms with Gasteiger partial charge in [0, 0.05) is 6.42 Å². The highest BCUT2D eigenvalue weighted by Gasteiger charge is 2.34. The van der Waals surface area contributed by atoms with Gasteiger partial charge in [0.25, 0.3) is 5.91 Å². The zero-order chi connectivity index (χ0) is 23.8. The van der Waals surface area contributed by atoms with E-state index in [0.717, 1.165) is 12.1 Å². The number of carbonyl (C=O) groups is 2. The first-order valence-electron chi connectivity index (χ1n) is 10.2. The molecular weight excluding hydrogens is 423 g/mol. The molecule has 2 aromatic rings. The highest BCUT2D eigenvalue weighted by molar-refractivity contribution is 6.00. The van der Waals surface area contributed by atoms with Crippen molar-refractivity contribution in [3.05, 3.63) is 47.0 Å². The molecule has 3 rings (SSSR count). The van der Waals surface area contributed by atoms with E-state index in [0.29, 0.717) is 29.1 Å². The van der Waals surface area contributed by atoms with Crippen molar-refractivity contribution in [3.63, 3.8) is 0 Å². The number of halogens is 3. The molecule has 0 saturated heterocycles. The van der Waals surface area contributed by atoms with Gasteiger partial charge in [-0.25, -0.2) is 0 Å². The van der Waals surface area contributed by atoms with Gasteiger partial charge in [0.2, 0.25) is 11.8 Å². The number of ether oxygens (including phenoxy) is 1. The predicted octanol–water partition coefficient (Wildman–Crippen LogP) is 5.10. The Morgan fingerprint density at radius 1 is 1.19 bits per heavy atom. The zero-order valence-electron chi connectivity index (χ0n) is 18.6. The third-order valence-corrected chi connectivity index (χ3v) is 4.92. The Morgan fingerprint density at radius 2 is 1.81 bits per heavy atom. The number of nitrogens with one attached hydrogen (secondary N) is 1. The molecule has 32 heavy (non-hydrogen) atoms. The molecule has 9 heteroatoms. The smallest absolute Gasteiger partial charge is 0.416 e. The van der Waals surface area contributed by atoms with Crippen LogP contribution in [0.1, 0.15) is 50.8 Å². The molecule has 1 N–H and O–H groups in total. The Balaban J connectivity index is 1.88. The molecule has 2 heterocycles. The van der Waals surface area contributed by atoms with Crippen molar-refractivity contribution >= 4 is 23.3 Å². The molecule has 0 radical (unpaired) electrons. The van der Waals surface area contributed by atoms with Gasteiger partial charge in [0.15, 0.2) is 6.10 Å². The molecule has 1 aliphatic heterocycles. The van der Waals surface area contributed by atoms with E-state index < -0.39 is 17.8 Å². The van der Waals surface area contributed by atoms with Crippen molar-refractivity contribution < 1.29 is 27.5 Å². The number of amides is 2. The largest absolute Gasteiger partial charge is 0.463 e. The number of nitrogens with zero attached hydrogens (tertiary/aromatic N) is 2. The average molecular weight is 449 g/mol. The first-order valence-corrected chi connectivity index (χ1v) is 10.2. The van der Waals surface area contributed by atoms with E-state index in [1.165, 1.54) is 17.0 Å². The number of fused-ring (bicyclic) bond motifs is 1. The van der Waals surface area contributed by atoms with Crippen LogP contribution in [-0.4, -0.2) is 22.9 Å².